The van der Waals surface area contributed by atoms with Gasteiger partial charge in [-0.05, 0) is 19.8 Å². The zero-order valence-electron chi connectivity index (χ0n) is 12.1. The maximum atomic E-state index is 12.4. The van der Waals surface area contributed by atoms with Crippen molar-refractivity contribution in [2.45, 2.75) is 38.5 Å². The van der Waals surface area contributed by atoms with E-state index in [0.717, 1.165) is 24.1 Å². The molecule has 114 valence electrons. The molecule has 2 N–H and O–H groups in total. The van der Waals surface area contributed by atoms with Crippen LogP contribution in [0.25, 0.3) is 0 Å². The van der Waals surface area contributed by atoms with Crippen LogP contribution < -0.4 is 5.32 Å². The highest BCUT2D eigenvalue weighted by Gasteiger charge is 2.55. The molecule has 0 spiro atoms. The van der Waals surface area contributed by atoms with E-state index in [1.807, 2.05) is 20.2 Å². The predicted molar refractivity (Wildman–Crippen MR) is 72.3 cm³/mol. The summed E-state index contributed by atoms with van der Waals surface area (Å²) in [6, 6.07) is 0. The summed E-state index contributed by atoms with van der Waals surface area (Å²) in [6.07, 6.45) is 2.77. The summed E-state index contributed by atoms with van der Waals surface area (Å²) in [6.45, 7) is 2.24. The summed E-state index contributed by atoms with van der Waals surface area (Å²) >= 11 is 0. The lowest BCUT2D eigenvalue weighted by atomic mass is 9.78. The molecule has 4 atom stereocenters. The van der Waals surface area contributed by atoms with E-state index in [9.17, 15) is 14.7 Å². The van der Waals surface area contributed by atoms with Crippen molar-refractivity contribution >= 4 is 11.9 Å². The molecular formula is C14H19N3O4. The topological polar surface area (TPSA) is 93.5 Å². The van der Waals surface area contributed by atoms with Crippen LogP contribution in [0.5, 0.6) is 0 Å². The van der Waals surface area contributed by atoms with Crippen LogP contribution in [0, 0.1) is 18.8 Å². The van der Waals surface area contributed by atoms with Gasteiger partial charge in [-0.15, -0.1) is 0 Å². The van der Waals surface area contributed by atoms with E-state index in [4.69, 9.17) is 4.74 Å². The van der Waals surface area contributed by atoms with Crippen LogP contribution in [0.4, 0.5) is 0 Å². The maximum Gasteiger partial charge on any atom is 0.310 e. The van der Waals surface area contributed by atoms with E-state index in [1.165, 1.54) is 0 Å². The number of hydrogen-bond acceptors (Lipinski definition) is 4. The van der Waals surface area contributed by atoms with E-state index >= 15 is 0 Å². The number of carboxylic acid groups (broad SMARTS) is 1. The minimum absolute atomic E-state index is 0.238. The molecule has 1 amide bonds. The van der Waals surface area contributed by atoms with Crippen LogP contribution >= 0.6 is 0 Å². The monoisotopic (exact) mass is 293 g/mol. The van der Waals surface area contributed by atoms with E-state index < -0.39 is 17.8 Å². The number of carbonyl (C=O) groups is 2. The molecule has 3 rings (SSSR count). The number of aliphatic carboxylic acids is 1. The molecule has 3 heterocycles. The number of nitrogens with zero attached hydrogens (tertiary/aromatic N) is 2. The standard InChI is InChI=1S/C14H19N3O4/c1-7-8(6-17(2)16-7)5-15-13(18)11-9-3-4-10(21-9)12(11)14(19)20/h6,9-12H,3-5H2,1-2H3,(H,15,18)(H,19,20)/t9-,10+,11+,12-/m0/s1. The van der Waals surface area contributed by atoms with Crippen molar-refractivity contribution < 1.29 is 19.4 Å². The van der Waals surface area contributed by atoms with Crippen molar-refractivity contribution in [1.29, 1.82) is 0 Å². The number of ether oxygens (including phenoxy) is 1. The molecule has 0 aliphatic carbocycles. The van der Waals surface area contributed by atoms with Crippen molar-refractivity contribution in [3.8, 4) is 0 Å². The fourth-order valence-corrected chi connectivity index (χ4v) is 3.45. The first-order valence-corrected chi connectivity index (χ1v) is 7.12. The Morgan fingerprint density at radius 3 is 2.67 bits per heavy atom. The fourth-order valence-electron chi connectivity index (χ4n) is 3.45. The van der Waals surface area contributed by atoms with Crippen molar-refractivity contribution in [1.82, 2.24) is 15.1 Å². The molecule has 0 saturated carbocycles. The molecule has 2 bridgehead atoms. The van der Waals surface area contributed by atoms with Gasteiger partial charge in [0.25, 0.3) is 0 Å². The van der Waals surface area contributed by atoms with Gasteiger partial charge in [-0.25, -0.2) is 0 Å². The first-order valence-electron chi connectivity index (χ1n) is 7.12. The number of aryl methyl sites for hydroxylation is 2. The van der Waals surface area contributed by atoms with E-state index in [2.05, 4.69) is 10.4 Å². The molecule has 2 saturated heterocycles. The van der Waals surface area contributed by atoms with Crippen LogP contribution in [-0.4, -0.2) is 39.0 Å². The molecule has 1 aromatic rings. The number of rotatable bonds is 4. The summed E-state index contributed by atoms with van der Waals surface area (Å²) in [5.74, 6) is -2.49. The van der Waals surface area contributed by atoms with Crippen molar-refractivity contribution in [3.05, 3.63) is 17.5 Å². The van der Waals surface area contributed by atoms with Gasteiger partial charge in [0.15, 0.2) is 0 Å². The molecular weight excluding hydrogens is 274 g/mol. The number of carboxylic acids is 1. The molecule has 2 aliphatic heterocycles. The van der Waals surface area contributed by atoms with Gasteiger partial charge < -0.3 is 15.2 Å². The third kappa shape index (κ3) is 2.42. The third-order valence-electron chi connectivity index (χ3n) is 4.43. The van der Waals surface area contributed by atoms with Crippen LogP contribution in [0.2, 0.25) is 0 Å². The van der Waals surface area contributed by atoms with Crippen LogP contribution in [-0.2, 0) is 27.9 Å². The molecule has 0 radical (unpaired) electrons. The summed E-state index contributed by atoms with van der Waals surface area (Å²) in [4.78, 5) is 23.7. The third-order valence-corrected chi connectivity index (χ3v) is 4.43. The number of nitrogens with one attached hydrogen (secondary N) is 1. The Labute approximate surface area is 122 Å². The Bertz CT molecular complexity index is 583. The lowest BCUT2D eigenvalue weighted by Gasteiger charge is -2.23. The van der Waals surface area contributed by atoms with E-state index in [-0.39, 0.29) is 18.1 Å². The smallest absolute Gasteiger partial charge is 0.310 e. The van der Waals surface area contributed by atoms with Crippen molar-refractivity contribution in [2.24, 2.45) is 18.9 Å². The number of aromatic nitrogens is 2. The van der Waals surface area contributed by atoms with Gasteiger partial charge >= 0.3 is 5.97 Å². The SMILES string of the molecule is Cc1nn(C)cc1CNC(=O)[C@H]1[C@@H](C(=O)O)[C@H]2CC[C@@H]1O2. The van der Waals surface area contributed by atoms with E-state index in [1.54, 1.807) is 4.68 Å². The normalized spacial score (nSPS) is 30.6. The molecule has 2 fully saturated rings. The van der Waals surface area contributed by atoms with Crippen LogP contribution in [0.3, 0.4) is 0 Å². The predicted octanol–water partition coefficient (Wildman–Crippen LogP) is 0.223. The van der Waals surface area contributed by atoms with Gasteiger partial charge in [0, 0.05) is 25.4 Å². The Morgan fingerprint density at radius 1 is 1.43 bits per heavy atom. The Kier molecular flexibility index (Phi) is 3.44. The van der Waals surface area contributed by atoms with Gasteiger partial charge in [-0.2, -0.15) is 5.10 Å². The molecule has 7 nitrogen and oxygen atoms in total. The lowest BCUT2D eigenvalue weighted by Crippen LogP contribution is -2.43. The summed E-state index contributed by atoms with van der Waals surface area (Å²) in [7, 11) is 1.82. The van der Waals surface area contributed by atoms with E-state index in [0.29, 0.717) is 6.54 Å². The Hall–Kier alpha value is -1.89. The number of fused-ring (bicyclic) bond motifs is 2. The molecule has 1 aromatic heterocycles. The summed E-state index contributed by atoms with van der Waals surface area (Å²) < 4.78 is 7.29. The second kappa shape index (κ2) is 5.14. The largest absolute Gasteiger partial charge is 0.481 e. The highest BCUT2D eigenvalue weighted by Crippen LogP contribution is 2.43. The summed E-state index contributed by atoms with van der Waals surface area (Å²) in [5.41, 5.74) is 1.79. The number of amides is 1. The fraction of sp³-hybridized carbons (Fsp3) is 0.643. The zero-order valence-corrected chi connectivity index (χ0v) is 12.1. The van der Waals surface area contributed by atoms with Crippen molar-refractivity contribution in [2.75, 3.05) is 0 Å². The van der Waals surface area contributed by atoms with Gasteiger partial charge in [-0.3, -0.25) is 14.3 Å². The average molecular weight is 293 g/mol. The first kappa shape index (κ1) is 14.1. The van der Waals surface area contributed by atoms with Crippen LogP contribution in [0.15, 0.2) is 6.20 Å². The average Bonchev–Trinajstić information content (AvgIpc) is 3.09. The lowest BCUT2D eigenvalue weighted by molar-refractivity contribution is -0.147. The van der Waals surface area contributed by atoms with Gasteiger partial charge in [0.2, 0.25) is 5.91 Å². The minimum Gasteiger partial charge on any atom is -0.481 e. The molecule has 0 unspecified atom stereocenters. The van der Waals surface area contributed by atoms with Crippen molar-refractivity contribution in [3.63, 3.8) is 0 Å². The molecule has 21 heavy (non-hydrogen) atoms. The molecule has 7 heteroatoms. The van der Waals surface area contributed by atoms with Gasteiger partial charge in [0.1, 0.15) is 0 Å². The zero-order chi connectivity index (χ0) is 15.1. The second-order valence-electron chi connectivity index (χ2n) is 5.81. The van der Waals surface area contributed by atoms with Gasteiger partial charge in [0.05, 0.1) is 29.7 Å². The Balaban J connectivity index is 1.67. The molecule has 2 aliphatic rings. The van der Waals surface area contributed by atoms with Crippen LogP contribution in [0.1, 0.15) is 24.1 Å². The quantitative estimate of drug-likeness (QED) is 0.828. The summed E-state index contributed by atoms with van der Waals surface area (Å²) in [5, 5.41) is 16.4. The second-order valence-corrected chi connectivity index (χ2v) is 5.81. The number of hydrogen-bond donors (Lipinski definition) is 2. The maximum absolute atomic E-state index is 12.4. The van der Waals surface area contributed by atoms with Gasteiger partial charge in [-0.1, -0.05) is 0 Å². The Morgan fingerprint density at radius 2 is 2.10 bits per heavy atom. The minimum atomic E-state index is -0.945. The first-order chi connectivity index (χ1) is 9.97. The molecule has 0 aromatic carbocycles. The number of carbonyl (C=O) groups excluding carboxylic acids is 1. The highest BCUT2D eigenvalue weighted by molar-refractivity contribution is 5.86. The highest BCUT2D eigenvalue weighted by atomic mass is 16.5.